The number of aliphatic carboxylic acids is 1. The van der Waals surface area contributed by atoms with Gasteiger partial charge in [0.2, 0.25) is 5.91 Å². The fraction of sp³-hybridized carbons (Fsp3) is 0.833. The summed E-state index contributed by atoms with van der Waals surface area (Å²) in [5.74, 6) is -1.11. The topological polar surface area (TPSA) is 75.6 Å². The summed E-state index contributed by atoms with van der Waals surface area (Å²) in [6.45, 7) is 4.51. The summed E-state index contributed by atoms with van der Waals surface area (Å²) < 4.78 is 5.31. The summed E-state index contributed by atoms with van der Waals surface area (Å²) in [6.07, 6.45) is 2.54. The smallest absolute Gasteiger partial charge is 0.326 e. The molecule has 1 aliphatic rings. The maximum Gasteiger partial charge on any atom is 0.326 e. The summed E-state index contributed by atoms with van der Waals surface area (Å²) in [6, 6.07) is -0.793. The molecule has 0 aromatic carbocycles. The number of nitrogens with one attached hydrogen (secondary N) is 1. The van der Waals surface area contributed by atoms with Crippen molar-refractivity contribution in [1.82, 2.24) is 5.32 Å². The quantitative estimate of drug-likeness (QED) is 0.734. The molecule has 5 heteroatoms. The molecule has 0 bridgehead atoms. The van der Waals surface area contributed by atoms with Gasteiger partial charge < -0.3 is 15.2 Å². The van der Waals surface area contributed by atoms with Crippen LogP contribution in [-0.4, -0.2) is 35.7 Å². The lowest BCUT2D eigenvalue weighted by Gasteiger charge is -2.19. The number of unbranched alkanes of at least 4 members (excludes halogenated alkanes) is 1. The van der Waals surface area contributed by atoms with Gasteiger partial charge in [-0.1, -0.05) is 26.7 Å². The maximum absolute atomic E-state index is 11.8. The molecular formula is C12H21NO4. The van der Waals surface area contributed by atoms with E-state index in [0.717, 1.165) is 19.3 Å². The number of carboxylic acid groups (broad SMARTS) is 1. The maximum atomic E-state index is 11.8. The number of amides is 1. The van der Waals surface area contributed by atoms with Crippen LogP contribution in [-0.2, 0) is 14.3 Å². The highest BCUT2D eigenvalue weighted by Crippen LogP contribution is 2.20. The van der Waals surface area contributed by atoms with Crippen molar-refractivity contribution < 1.29 is 19.4 Å². The lowest BCUT2D eigenvalue weighted by atomic mass is 10.0. The average Bonchev–Trinajstić information content (AvgIpc) is 2.70. The molecule has 1 amide bonds. The molecule has 0 aromatic heterocycles. The standard InChI is InChI=1S/C12H21NO4/c1-3-4-5-9(12(15)16)13-11(14)10-8(2)6-7-17-10/h8-10H,3-7H2,1-2H3,(H,13,14)(H,15,16)/t8?,9-,10?/m0/s1. The van der Waals surface area contributed by atoms with Gasteiger partial charge in [0.15, 0.2) is 0 Å². The fourth-order valence-corrected chi connectivity index (χ4v) is 1.95. The van der Waals surface area contributed by atoms with Crippen LogP contribution in [0.5, 0.6) is 0 Å². The molecule has 5 nitrogen and oxygen atoms in total. The van der Waals surface area contributed by atoms with Gasteiger partial charge in [0.1, 0.15) is 12.1 Å². The Kier molecular flexibility index (Phi) is 5.41. The number of hydrogen-bond acceptors (Lipinski definition) is 3. The van der Waals surface area contributed by atoms with Gasteiger partial charge >= 0.3 is 5.97 Å². The molecule has 2 unspecified atom stereocenters. The second-order valence-corrected chi connectivity index (χ2v) is 4.60. The molecule has 1 rings (SSSR count). The fourth-order valence-electron chi connectivity index (χ4n) is 1.95. The molecule has 0 spiro atoms. The zero-order chi connectivity index (χ0) is 12.8. The van der Waals surface area contributed by atoms with Gasteiger partial charge in [-0.3, -0.25) is 4.79 Å². The molecule has 1 saturated heterocycles. The monoisotopic (exact) mass is 243 g/mol. The summed E-state index contributed by atoms with van der Waals surface area (Å²) in [5.41, 5.74) is 0. The first kappa shape index (κ1) is 14.0. The number of carbonyl (C=O) groups excluding carboxylic acids is 1. The summed E-state index contributed by atoms with van der Waals surface area (Å²) >= 11 is 0. The lowest BCUT2D eigenvalue weighted by molar-refractivity contribution is -0.144. The van der Waals surface area contributed by atoms with Crippen molar-refractivity contribution in [2.45, 2.75) is 51.7 Å². The first-order valence-electron chi connectivity index (χ1n) is 6.21. The Morgan fingerprint density at radius 1 is 1.53 bits per heavy atom. The van der Waals surface area contributed by atoms with Crippen LogP contribution in [0.1, 0.15) is 39.5 Å². The largest absolute Gasteiger partial charge is 0.480 e. The molecule has 0 saturated carbocycles. The van der Waals surface area contributed by atoms with Crippen molar-refractivity contribution in [3.8, 4) is 0 Å². The normalized spacial score (nSPS) is 25.5. The van der Waals surface area contributed by atoms with Gasteiger partial charge in [-0.25, -0.2) is 4.79 Å². The number of ether oxygens (including phenoxy) is 1. The van der Waals surface area contributed by atoms with Crippen LogP contribution in [0, 0.1) is 5.92 Å². The Morgan fingerprint density at radius 2 is 2.24 bits per heavy atom. The van der Waals surface area contributed by atoms with Crippen LogP contribution in [0.25, 0.3) is 0 Å². The highest BCUT2D eigenvalue weighted by molar-refractivity contribution is 5.86. The minimum absolute atomic E-state index is 0.163. The summed E-state index contributed by atoms with van der Waals surface area (Å²) in [4.78, 5) is 22.8. The molecule has 0 aliphatic carbocycles. The Morgan fingerprint density at radius 3 is 2.71 bits per heavy atom. The molecule has 17 heavy (non-hydrogen) atoms. The van der Waals surface area contributed by atoms with Gasteiger partial charge in [0.05, 0.1) is 0 Å². The van der Waals surface area contributed by atoms with Crippen LogP contribution in [0.3, 0.4) is 0 Å². The third-order valence-electron chi connectivity index (χ3n) is 3.11. The summed E-state index contributed by atoms with van der Waals surface area (Å²) in [7, 11) is 0. The molecule has 1 aliphatic heterocycles. The van der Waals surface area contributed by atoms with Crippen LogP contribution >= 0.6 is 0 Å². The second kappa shape index (κ2) is 6.59. The van der Waals surface area contributed by atoms with Crippen LogP contribution < -0.4 is 5.32 Å². The molecule has 98 valence electrons. The van der Waals surface area contributed by atoms with E-state index < -0.39 is 18.1 Å². The third-order valence-corrected chi connectivity index (χ3v) is 3.11. The molecule has 0 aromatic rings. The minimum Gasteiger partial charge on any atom is -0.480 e. The first-order valence-corrected chi connectivity index (χ1v) is 6.21. The van der Waals surface area contributed by atoms with Crippen molar-refractivity contribution in [2.24, 2.45) is 5.92 Å². The number of carboxylic acids is 1. The van der Waals surface area contributed by atoms with E-state index in [4.69, 9.17) is 9.84 Å². The van der Waals surface area contributed by atoms with Crippen LogP contribution in [0.2, 0.25) is 0 Å². The summed E-state index contributed by atoms with van der Waals surface area (Å²) in [5, 5.41) is 11.6. The van der Waals surface area contributed by atoms with E-state index in [0.29, 0.717) is 13.0 Å². The van der Waals surface area contributed by atoms with E-state index >= 15 is 0 Å². The third kappa shape index (κ3) is 4.00. The Hall–Kier alpha value is -1.10. The predicted octanol–water partition coefficient (Wildman–Crippen LogP) is 1.17. The second-order valence-electron chi connectivity index (χ2n) is 4.60. The van der Waals surface area contributed by atoms with E-state index in [2.05, 4.69) is 5.32 Å². The van der Waals surface area contributed by atoms with Crippen molar-refractivity contribution >= 4 is 11.9 Å². The van der Waals surface area contributed by atoms with Gasteiger partial charge in [-0.05, 0) is 18.8 Å². The first-order chi connectivity index (χ1) is 8.06. The number of carbonyl (C=O) groups is 2. The van der Waals surface area contributed by atoms with Gasteiger partial charge in [-0.2, -0.15) is 0 Å². The van der Waals surface area contributed by atoms with Gasteiger partial charge in [0.25, 0.3) is 0 Å². The lowest BCUT2D eigenvalue weighted by Crippen LogP contribution is -2.46. The molecule has 2 N–H and O–H groups in total. The highest BCUT2D eigenvalue weighted by Gasteiger charge is 2.33. The molecule has 3 atom stereocenters. The Bertz CT molecular complexity index is 280. The average molecular weight is 243 g/mol. The van der Waals surface area contributed by atoms with Crippen molar-refractivity contribution in [1.29, 1.82) is 0 Å². The van der Waals surface area contributed by atoms with Crippen LogP contribution in [0.4, 0.5) is 0 Å². The molecule has 1 heterocycles. The van der Waals surface area contributed by atoms with E-state index in [-0.39, 0.29) is 11.8 Å². The number of rotatable bonds is 6. The zero-order valence-electron chi connectivity index (χ0n) is 10.4. The van der Waals surface area contributed by atoms with Crippen molar-refractivity contribution in [2.75, 3.05) is 6.61 Å². The minimum atomic E-state index is -0.975. The van der Waals surface area contributed by atoms with Crippen molar-refractivity contribution in [3.05, 3.63) is 0 Å². The molecular weight excluding hydrogens is 222 g/mol. The molecule has 1 fully saturated rings. The SMILES string of the molecule is CCCC[C@H](NC(=O)C1OCCC1C)C(=O)O. The van der Waals surface area contributed by atoms with E-state index in [1.54, 1.807) is 0 Å². The van der Waals surface area contributed by atoms with Crippen molar-refractivity contribution in [3.63, 3.8) is 0 Å². The van der Waals surface area contributed by atoms with Gasteiger partial charge in [0, 0.05) is 6.61 Å². The van der Waals surface area contributed by atoms with E-state index in [1.165, 1.54) is 0 Å². The van der Waals surface area contributed by atoms with E-state index in [9.17, 15) is 9.59 Å². The molecule has 0 radical (unpaired) electrons. The Balaban J connectivity index is 2.48. The van der Waals surface area contributed by atoms with E-state index in [1.807, 2.05) is 13.8 Å². The zero-order valence-corrected chi connectivity index (χ0v) is 10.4. The van der Waals surface area contributed by atoms with Crippen LogP contribution in [0.15, 0.2) is 0 Å². The highest BCUT2D eigenvalue weighted by atomic mass is 16.5. The number of hydrogen-bond donors (Lipinski definition) is 2. The predicted molar refractivity (Wildman–Crippen MR) is 62.6 cm³/mol. The van der Waals surface area contributed by atoms with Gasteiger partial charge in [-0.15, -0.1) is 0 Å². The Labute approximate surface area is 102 Å².